The molecule has 3 heterocycles. The van der Waals surface area contributed by atoms with Crippen LogP contribution >= 0.6 is 0 Å². The number of β-amino-alcohol motifs (C(OH)–C–C–N with tert-alkyl or cyclic N) is 1. The average molecular weight is 434 g/mol. The summed E-state index contributed by atoms with van der Waals surface area (Å²) < 4.78 is 6.04. The molecule has 2 aromatic carbocycles. The zero-order valence-corrected chi connectivity index (χ0v) is 18.1. The number of aromatic nitrogens is 1. The highest BCUT2D eigenvalue weighted by molar-refractivity contribution is 5.94. The molecule has 166 valence electrons. The number of aliphatic hydroxyl groups is 1. The second-order valence-electron chi connectivity index (χ2n) is 8.67. The molecule has 1 saturated heterocycles. The number of hydrogen-bond acceptors (Lipinski definition) is 4. The van der Waals surface area contributed by atoms with E-state index >= 15 is 0 Å². The first-order valence-corrected chi connectivity index (χ1v) is 11.1. The Morgan fingerprint density at radius 2 is 2.06 bits per heavy atom. The van der Waals surface area contributed by atoms with E-state index < -0.39 is 12.2 Å². The summed E-state index contributed by atoms with van der Waals surface area (Å²) in [6, 6.07) is 13.6. The van der Waals surface area contributed by atoms with Crippen LogP contribution in [0.5, 0.6) is 5.75 Å². The van der Waals surface area contributed by atoms with Crippen molar-refractivity contribution >= 4 is 28.4 Å². The molecule has 0 aliphatic carbocycles. The van der Waals surface area contributed by atoms with Gasteiger partial charge in [0.05, 0.1) is 13.0 Å². The van der Waals surface area contributed by atoms with Gasteiger partial charge in [0.15, 0.2) is 0 Å². The number of aliphatic hydroxyl groups excluding tert-OH is 1. The van der Waals surface area contributed by atoms with Crippen LogP contribution < -0.4 is 10.1 Å². The minimum atomic E-state index is -0.776. The summed E-state index contributed by atoms with van der Waals surface area (Å²) in [4.78, 5) is 29.7. The van der Waals surface area contributed by atoms with Crippen LogP contribution in [0.4, 0.5) is 5.69 Å². The monoisotopic (exact) mass is 433 g/mol. The number of piperidine rings is 1. The number of likely N-dealkylation sites (tertiary alicyclic amines) is 1. The van der Waals surface area contributed by atoms with Crippen LogP contribution in [0.3, 0.4) is 0 Å². The number of hydrogen-bond donors (Lipinski definition) is 3. The van der Waals surface area contributed by atoms with Gasteiger partial charge < -0.3 is 25.0 Å². The topological polar surface area (TPSA) is 94.7 Å². The van der Waals surface area contributed by atoms with Crippen molar-refractivity contribution in [1.82, 2.24) is 9.88 Å². The summed E-state index contributed by atoms with van der Waals surface area (Å²) in [5, 5.41) is 14.6. The lowest BCUT2D eigenvalue weighted by Gasteiger charge is -2.36. The molecule has 2 amide bonds. The van der Waals surface area contributed by atoms with Crippen molar-refractivity contribution in [2.45, 2.75) is 44.8 Å². The Hall–Kier alpha value is -3.32. The van der Waals surface area contributed by atoms with Gasteiger partial charge in [-0.05, 0) is 36.6 Å². The maximum Gasteiger partial charge on any atom is 0.227 e. The normalized spacial score (nSPS) is 20.7. The molecule has 0 unspecified atom stereocenters. The standard InChI is InChI=1S/C25H27N3O4/c1-15-19(18-4-2-3-5-20(18)26-15)13-25(31)28-11-10-23(22(29)14-28)32-17-8-6-16-7-9-24(30)27-21(16)12-17/h2-6,8,12,22-23,26,29H,7,9-11,13-14H2,1H3,(H,27,30)/t22-,23-/m1/s1. The zero-order chi connectivity index (χ0) is 22.2. The van der Waals surface area contributed by atoms with Gasteiger partial charge in [-0.3, -0.25) is 9.59 Å². The first kappa shape index (κ1) is 20.6. The van der Waals surface area contributed by atoms with Crippen molar-refractivity contribution in [1.29, 1.82) is 0 Å². The Bertz CT molecular complexity index is 1190. The molecule has 0 saturated carbocycles. The molecule has 0 bridgehead atoms. The predicted octanol–water partition coefficient (Wildman–Crippen LogP) is 2.94. The van der Waals surface area contributed by atoms with E-state index in [1.54, 1.807) is 4.90 Å². The number of H-pyrrole nitrogens is 1. The first-order valence-electron chi connectivity index (χ1n) is 11.1. The molecule has 0 spiro atoms. The predicted molar refractivity (Wildman–Crippen MR) is 122 cm³/mol. The molecule has 3 N–H and O–H groups in total. The van der Waals surface area contributed by atoms with Crippen LogP contribution in [-0.2, 0) is 22.4 Å². The van der Waals surface area contributed by atoms with Crippen LogP contribution in [0.1, 0.15) is 29.7 Å². The Balaban J connectivity index is 1.22. The number of anilines is 1. The third kappa shape index (κ3) is 3.96. The molecule has 1 fully saturated rings. The second kappa shape index (κ2) is 8.31. The largest absolute Gasteiger partial charge is 0.488 e. The number of carbonyl (C=O) groups excluding carboxylic acids is 2. The molecule has 2 aliphatic rings. The van der Waals surface area contributed by atoms with Gasteiger partial charge in [-0.1, -0.05) is 24.3 Å². The van der Waals surface area contributed by atoms with Crippen LogP contribution in [0.25, 0.3) is 10.9 Å². The number of amides is 2. The van der Waals surface area contributed by atoms with E-state index in [9.17, 15) is 14.7 Å². The van der Waals surface area contributed by atoms with Crippen LogP contribution in [0.15, 0.2) is 42.5 Å². The first-order chi connectivity index (χ1) is 15.5. The van der Waals surface area contributed by atoms with Gasteiger partial charge in [0, 0.05) is 47.7 Å². The van der Waals surface area contributed by atoms with Gasteiger partial charge in [-0.25, -0.2) is 0 Å². The molecule has 7 heteroatoms. The third-order valence-electron chi connectivity index (χ3n) is 6.49. The highest BCUT2D eigenvalue weighted by atomic mass is 16.5. The zero-order valence-electron chi connectivity index (χ0n) is 18.1. The Kier molecular flexibility index (Phi) is 5.35. The van der Waals surface area contributed by atoms with E-state index in [0.717, 1.165) is 39.8 Å². The van der Waals surface area contributed by atoms with Crippen molar-refractivity contribution in [2.24, 2.45) is 0 Å². The molecule has 32 heavy (non-hydrogen) atoms. The van der Waals surface area contributed by atoms with Gasteiger partial charge >= 0.3 is 0 Å². The van der Waals surface area contributed by atoms with E-state index in [1.807, 2.05) is 49.4 Å². The van der Waals surface area contributed by atoms with Gasteiger partial charge in [0.2, 0.25) is 11.8 Å². The summed E-state index contributed by atoms with van der Waals surface area (Å²) in [7, 11) is 0. The molecular weight excluding hydrogens is 406 g/mol. The minimum Gasteiger partial charge on any atom is -0.488 e. The van der Waals surface area contributed by atoms with Gasteiger partial charge in [0.1, 0.15) is 18.0 Å². The van der Waals surface area contributed by atoms with Gasteiger partial charge in [-0.15, -0.1) is 0 Å². The molecule has 1 aromatic heterocycles. The molecule has 7 nitrogen and oxygen atoms in total. The third-order valence-corrected chi connectivity index (χ3v) is 6.49. The minimum absolute atomic E-state index is 0.00634. The van der Waals surface area contributed by atoms with Crippen LogP contribution in [-0.4, -0.2) is 52.1 Å². The lowest BCUT2D eigenvalue weighted by molar-refractivity contribution is -0.136. The smallest absolute Gasteiger partial charge is 0.227 e. The van der Waals surface area contributed by atoms with Gasteiger partial charge in [-0.2, -0.15) is 0 Å². The summed E-state index contributed by atoms with van der Waals surface area (Å²) in [5.74, 6) is 0.628. The number of aromatic amines is 1. The fourth-order valence-corrected chi connectivity index (χ4v) is 4.70. The van der Waals surface area contributed by atoms with Gasteiger partial charge in [0.25, 0.3) is 0 Å². The molecule has 2 aliphatic heterocycles. The van der Waals surface area contributed by atoms with Crippen LogP contribution in [0, 0.1) is 6.92 Å². The molecule has 2 atom stereocenters. The Morgan fingerprint density at radius 1 is 1.22 bits per heavy atom. The fourth-order valence-electron chi connectivity index (χ4n) is 4.70. The quantitative estimate of drug-likeness (QED) is 0.590. The van der Waals surface area contributed by atoms with Crippen molar-refractivity contribution in [2.75, 3.05) is 18.4 Å². The highest BCUT2D eigenvalue weighted by Gasteiger charge is 2.32. The van der Waals surface area contributed by atoms with Crippen LogP contribution in [0.2, 0.25) is 0 Å². The van der Waals surface area contributed by atoms with Crippen molar-refractivity contribution in [3.63, 3.8) is 0 Å². The molecular formula is C25H27N3O4. The molecule has 0 radical (unpaired) electrons. The molecule has 5 rings (SSSR count). The lowest BCUT2D eigenvalue weighted by Crippen LogP contribution is -2.51. The molecule has 3 aromatic rings. The van der Waals surface area contributed by atoms with Crippen molar-refractivity contribution < 1.29 is 19.4 Å². The Morgan fingerprint density at radius 3 is 2.91 bits per heavy atom. The fraction of sp³-hybridized carbons (Fsp3) is 0.360. The Labute approximate surface area is 186 Å². The SMILES string of the molecule is Cc1[nH]c2ccccc2c1CC(=O)N1CC[C@@H](Oc2ccc3c(c2)NC(=O)CC3)[C@H](O)C1. The summed E-state index contributed by atoms with van der Waals surface area (Å²) in [6.07, 6.45) is 0.896. The number of carbonyl (C=O) groups is 2. The van der Waals surface area contributed by atoms with Crippen molar-refractivity contribution in [3.8, 4) is 5.75 Å². The summed E-state index contributed by atoms with van der Waals surface area (Å²) >= 11 is 0. The average Bonchev–Trinajstić information content (AvgIpc) is 3.10. The lowest BCUT2D eigenvalue weighted by atomic mass is 10.0. The second-order valence-corrected chi connectivity index (χ2v) is 8.67. The number of rotatable bonds is 4. The maximum absolute atomic E-state index is 13.0. The number of fused-ring (bicyclic) bond motifs is 2. The maximum atomic E-state index is 13.0. The summed E-state index contributed by atoms with van der Waals surface area (Å²) in [6.45, 7) is 2.76. The van der Waals surface area contributed by atoms with E-state index in [0.29, 0.717) is 31.6 Å². The summed E-state index contributed by atoms with van der Waals surface area (Å²) in [5.41, 5.74) is 4.90. The van der Waals surface area contributed by atoms with E-state index in [4.69, 9.17) is 4.74 Å². The number of benzene rings is 2. The number of aryl methyl sites for hydroxylation is 2. The highest BCUT2D eigenvalue weighted by Crippen LogP contribution is 2.29. The number of nitrogens with one attached hydrogen (secondary N) is 2. The van der Waals surface area contributed by atoms with E-state index in [-0.39, 0.29) is 18.4 Å². The van der Waals surface area contributed by atoms with E-state index in [1.165, 1.54) is 0 Å². The number of nitrogens with zero attached hydrogens (tertiary/aromatic N) is 1. The van der Waals surface area contributed by atoms with E-state index in [2.05, 4.69) is 10.3 Å². The number of ether oxygens (including phenoxy) is 1. The van der Waals surface area contributed by atoms with Crippen molar-refractivity contribution in [3.05, 3.63) is 59.3 Å². The number of para-hydroxylation sites is 1.